The number of aromatic nitrogens is 4. The molecule has 0 amide bonds. The largest absolute Gasteiger partial charge is 0.510 e. The van der Waals surface area contributed by atoms with Crippen molar-refractivity contribution in [1.29, 1.82) is 5.26 Å². The van der Waals surface area contributed by atoms with Gasteiger partial charge < -0.3 is 34.6 Å². The number of alkyl halides is 3. The van der Waals surface area contributed by atoms with Crippen LogP contribution in [-0.2, 0) is 26.3 Å². The first-order valence-corrected chi connectivity index (χ1v) is 15.9. The molecule has 0 aliphatic carbocycles. The molecule has 3 aromatic heterocycles. The Labute approximate surface area is 322 Å². The molecule has 2 aromatic carbocycles. The van der Waals surface area contributed by atoms with Crippen molar-refractivity contribution < 1.29 is 42.1 Å². The SMILES string of the molecule is CN1C=CN(c2[c-]c(N3C=CN(C)[CH-]3)cc(C#N)c2)[CH-]1.Cc1cc(C)c(N(c2cccc(-c3[c-]cc(F)nc3F)n2)c2cc(C(F)(F)F)n[n-]2)c(C)c1.[Ir]. The number of benzene rings is 2. The summed E-state index contributed by atoms with van der Waals surface area (Å²) in [6.07, 6.45) is 3.09. The van der Waals surface area contributed by atoms with Crippen LogP contribution in [0.3, 0.4) is 0 Å². The number of rotatable bonds is 6. The third-order valence-corrected chi connectivity index (χ3v) is 7.93. The molecule has 1 radical (unpaired) electrons. The van der Waals surface area contributed by atoms with Gasteiger partial charge in [-0.3, -0.25) is 10.1 Å². The zero-order chi connectivity index (χ0) is 38.0. The summed E-state index contributed by atoms with van der Waals surface area (Å²) in [6.45, 7) is 9.39. The first-order chi connectivity index (χ1) is 25.2. The zero-order valence-electron chi connectivity index (χ0n) is 29.4. The summed E-state index contributed by atoms with van der Waals surface area (Å²) < 4.78 is 67.1. The maximum absolute atomic E-state index is 14.2. The van der Waals surface area contributed by atoms with Gasteiger partial charge in [0.05, 0.1) is 6.07 Å². The Balaban J connectivity index is 0.000000228. The second-order valence-corrected chi connectivity index (χ2v) is 12.2. The molecule has 281 valence electrons. The summed E-state index contributed by atoms with van der Waals surface area (Å²) >= 11 is 0. The number of halogens is 5. The standard InChI is InChI=1S/C23H16F5N5.C15H14N5.Ir/c1-12-9-13(2)21(14(3)10-12)33(20-11-17(31-32-20)23(26,27)28)19-6-4-5-16(29-19)15-7-8-18(24)30-22(15)25;1-17-3-5-19(11-17)14-7-13(10-16)8-15(9-14)20-6-4-18(2)12-20;/h4-6,8-11H,1-3H3;3-8,11-12H,1-2H3;/q-2;-3;. The zero-order valence-corrected chi connectivity index (χ0v) is 31.8. The van der Waals surface area contributed by atoms with E-state index in [2.05, 4.69) is 38.4 Å². The number of hydrogen-bond donors (Lipinski definition) is 0. The first kappa shape index (κ1) is 39.4. The molecule has 7 rings (SSSR count). The molecule has 0 fully saturated rings. The Morgan fingerprint density at radius 3 is 1.98 bits per heavy atom. The Hall–Kier alpha value is -5.78. The molecule has 5 aromatic rings. The second kappa shape index (κ2) is 16.1. The van der Waals surface area contributed by atoms with Crippen molar-refractivity contribution in [2.24, 2.45) is 0 Å². The summed E-state index contributed by atoms with van der Waals surface area (Å²) in [4.78, 5) is 16.7. The average molecular weight is 914 g/mol. The minimum Gasteiger partial charge on any atom is -0.510 e. The van der Waals surface area contributed by atoms with Gasteiger partial charge in [0, 0.05) is 25.9 Å². The monoisotopic (exact) mass is 914 g/mol. The van der Waals surface area contributed by atoms with Crippen molar-refractivity contribution in [1.82, 2.24) is 30.0 Å². The van der Waals surface area contributed by atoms with E-state index in [1.165, 1.54) is 11.0 Å². The van der Waals surface area contributed by atoms with Crippen LogP contribution in [0.4, 0.5) is 50.6 Å². The number of pyridine rings is 2. The average Bonchev–Trinajstić information content (AvgIpc) is 3.88. The number of hydrogen-bond acceptors (Lipinski definition) is 9. The fraction of sp³-hybridized carbons (Fsp3) is 0.158. The number of anilines is 5. The van der Waals surface area contributed by atoms with Crippen LogP contribution in [0, 0.1) is 69.5 Å². The van der Waals surface area contributed by atoms with Gasteiger partial charge in [0.2, 0.25) is 0 Å². The number of nitriles is 1. The van der Waals surface area contributed by atoms with E-state index < -0.39 is 23.8 Å². The molecule has 0 spiro atoms. The predicted molar refractivity (Wildman–Crippen MR) is 189 cm³/mol. The van der Waals surface area contributed by atoms with Crippen molar-refractivity contribution in [3.05, 3.63) is 145 Å². The van der Waals surface area contributed by atoms with E-state index in [1.807, 2.05) is 117 Å². The summed E-state index contributed by atoms with van der Waals surface area (Å²) in [7, 11) is 3.91. The first-order valence-electron chi connectivity index (χ1n) is 15.9. The van der Waals surface area contributed by atoms with Crippen LogP contribution in [0.2, 0.25) is 0 Å². The van der Waals surface area contributed by atoms with Gasteiger partial charge in [-0.15, -0.1) is 35.6 Å². The third-order valence-electron chi connectivity index (χ3n) is 7.93. The number of nitrogens with zero attached hydrogens (tertiary/aromatic N) is 10. The Morgan fingerprint density at radius 2 is 1.48 bits per heavy atom. The van der Waals surface area contributed by atoms with Gasteiger partial charge in [-0.1, -0.05) is 47.0 Å². The van der Waals surface area contributed by atoms with Crippen LogP contribution in [0.25, 0.3) is 11.3 Å². The Morgan fingerprint density at radius 1 is 0.870 bits per heavy atom. The molecular formula is C38H30F5IrN10-5. The van der Waals surface area contributed by atoms with E-state index in [0.717, 1.165) is 40.2 Å². The Kier molecular flexibility index (Phi) is 11.7. The van der Waals surface area contributed by atoms with Crippen LogP contribution >= 0.6 is 0 Å². The smallest absolute Gasteiger partial charge is 0.433 e. The second-order valence-electron chi connectivity index (χ2n) is 12.2. The van der Waals surface area contributed by atoms with Crippen molar-refractivity contribution in [2.75, 3.05) is 28.8 Å². The molecule has 10 nitrogen and oxygen atoms in total. The molecule has 0 unspecified atom stereocenters. The summed E-state index contributed by atoms with van der Waals surface area (Å²) in [6, 6.07) is 21.6. The molecular weight excluding hydrogens is 884 g/mol. The quantitative estimate of drug-likeness (QED) is 0.0948. The summed E-state index contributed by atoms with van der Waals surface area (Å²) in [5.41, 5.74) is 4.08. The molecule has 16 heteroatoms. The van der Waals surface area contributed by atoms with E-state index in [9.17, 15) is 27.2 Å². The summed E-state index contributed by atoms with van der Waals surface area (Å²) in [5.74, 6) is -2.09. The molecule has 0 bridgehead atoms. The van der Waals surface area contributed by atoms with Crippen molar-refractivity contribution in [2.45, 2.75) is 26.9 Å². The van der Waals surface area contributed by atoms with E-state index in [1.54, 1.807) is 12.1 Å². The third kappa shape index (κ3) is 8.70. The van der Waals surface area contributed by atoms with E-state index in [0.29, 0.717) is 11.3 Å². The van der Waals surface area contributed by atoms with Crippen LogP contribution in [0.5, 0.6) is 0 Å². The van der Waals surface area contributed by atoms with Crippen molar-refractivity contribution in [3.8, 4) is 17.3 Å². The van der Waals surface area contributed by atoms with Crippen molar-refractivity contribution >= 4 is 28.7 Å². The molecule has 2 aliphatic rings. The molecule has 0 atom stereocenters. The molecule has 5 heterocycles. The van der Waals surface area contributed by atoms with Crippen LogP contribution in [-0.4, -0.2) is 39.0 Å². The Bertz CT molecular complexity index is 2180. The fourth-order valence-electron chi connectivity index (χ4n) is 5.71. The maximum atomic E-state index is 14.2. The van der Waals surface area contributed by atoms with E-state index in [-0.39, 0.29) is 43.0 Å². The van der Waals surface area contributed by atoms with Gasteiger partial charge in [-0.25, -0.2) is 8.78 Å². The maximum Gasteiger partial charge on any atom is 0.433 e. The van der Waals surface area contributed by atoms with Crippen LogP contribution in [0.15, 0.2) is 79.4 Å². The normalized spacial score (nSPS) is 13.5. The minimum atomic E-state index is -4.68. The minimum absolute atomic E-state index is 0. The topological polar surface area (TPSA) is 92.8 Å². The van der Waals surface area contributed by atoms with Gasteiger partial charge in [0.25, 0.3) is 0 Å². The summed E-state index contributed by atoms with van der Waals surface area (Å²) in [5, 5.41) is 16.2. The van der Waals surface area contributed by atoms with Gasteiger partial charge in [0.1, 0.15) is 17.6 Å². The number of aryl methyl sites for hydroxylation is 3. The van der Waals surface area contributed by atoms with Crippen LogP contribution < -0.4 is 19.8 Å². The van der Waals surface area contributed by atoms with E-state index >= 15 is 0 Å². The fourth-order valence-corrected chi connectivity index (χ4v) is 5.71. The molecule has 2 aliphatic heterocycles. The molecule has 54 heavy (non-hydrogen) atoms. The molecule has 0 saturated carbocycles. The van der Waals surface area contributed by atoms with E-state index in [4.69, 9.17) is 0 Å². The predicted octanol–water partition coefficient (Wildman–Crippen LogP) is 8.03. The molecule has 0 N–H and O–H groups in total. The van der Waals surface area contributed by atoms with Gasteiger partial charge in [0.15, 0.2) is 0 Å². The van der Waals surface area contributed by atoms with Gasteiger partial charge in [-0.2, -0.15) is 31.8 Å². The molecule has 0 saturated heterocycles. The van der Waals surface area contributed by atoms with Gasteiger partial charge in [-0.05, 0) is 100 Å². The van der Waals surface area contributed by atoms with Crippen molar-refractivity contribution in [3.63, 3.8) is 0 Å². The van der Waals surface area contributed by atoms with Crippen LogP contribution in [0.1, 0.15) is 27.9 Å². The van der Waals surface area contributed by atoms with Gasteiger partial charge >= 0.3 is 6.18 Å².